The number of carbonyl (C=O) groups excluding carboxylic acids is 1. The van der Waals surface area contributed by atoms with Crippen molar-refractivity contribution in [1.29, 1.82) is 0 Å². The summed E-state index contributed by atoms with van der Waals surface area (Å²) in [4.78, 5) is 11.1. The van der Waals surface area contributed by atoms with Gasteiger partial charge in [-0.3, -0.25) is 4.79 Å². The maximum Gasteiger partial charge on any atom is 0.168 e. The van der Waals surface area contributed by atoms with Gasteiger partial charge in [-0.2, -0.15) is 0 Å². The Bertz CT molecular complexity index is 695. The molecule has 108 valence electrons. The van der Waals surface area contributed by atoms with E-state index in [-0.39, 0.29) is 0 Å². The monoisotopic (exact) mass is 283 g/mol. The van der Waals surface area contributed by atoms with E-state index >= 15 is 0 Å². The fraction of sp³-hybridized carbons (Fsp3) is 0.235. The van der Waals surface area contributed by atoms with E-state index in [4.69, 9.17) is 9.47 Å². The van der Waals surface area contributed by atoms with Crippen molar-refractivity contribution in [2.75, 3.05) is 26.1 Å². The molecule has 3 rings (SSSR count). The fourth-order valence-electron chi connectivity index (χ4n) is 2.74. The van der Waals surface area contributed by atoms with Gasteiger partial charge in [0, 0.05) is 23.4 Å². The average molecular weight is 283 g/mol. The Morgan fingerprint density at radius 2 is 2.00 bits per heavy atom. The molecule has 0 aliphatic carbocycles. The van der Waals surface area contributed by atoms with Crippen LogP contribution in [0.4, 0.5) is 5.69 Å². The topological polar surface area (TPSA) is 47.6 Å². The molecule has 0 aromatic heterocycles. The molecule has 1 aliphatic rings. The summed E-state index contributed by atoms with van der Waals surface area (Å²) in [7, 11) is 3.18. The highest BCUT2D eigenvalue weighted by molar-refractivity contribution is 5.85. The second-order valence-corrected chi connectivity index (χ2v) is 4.97. The molecule has 2 aromatic carbocycles. The lowest BCUT2D eigenvalue weighted by Gasteiger charge is -2.14. The number of nitrogens with one attached hydrogen (secondary N) is 1. The first kappa shape index (κ1) is 13.5. The van der Waals surface area contributed by atoms with Gasteiger partial charge in [0.25, 0.3) is 0 Å². The van der Waals surface area contributed by atoms with Gasteiger partial charge < -0.3 is 14.8 Å². The molecule has 0 amide bonds. The molecule has 4 heteroatoms. The lowest BCUT2D eigenvalue weighted by atomic mass is 9.98. The van der Waals surface area contributed by atoms with Crippen LogP contribution in [0.1, 0.15) is 15.9 Å². The van der Waals surface area contributed by atoms with Gasteiger partial charge in [-0.25, -0.2) is 0 Å². The van der Waals surface area contributed by atoms with Crippen LogP contribution in [0.15, 0.2) is 30.3 Å². The fourth-order valence-corrected chi connectivity index (χ4v) is 2.74. The van der Waals surface area contributed by atoms with Crippen molar-refractivity contribution in [3.8, 4) is 22.6 Å². The third kappa shape index (κ3) is 2.33. The highest BCUT2D eigenvalue weighted by Gasteiger charge is 2.16. The molecule has 0 bridgehead atoms. The van der Waals surface area contributed by atoms with Crippen LogP contribution in [0.25, 0.3) is 11.1 Å². The maximum atomic E-state index is 11.1. The van der Waals surface area contributed by atoms with Crippen molar-refractivity contribution < 1.29 is 14.3 Å². The number of hydrogen-bond acceptors (Lipinski definition) is 4. The third-order valence-corrected chi connectivity index (χ3v) is 3.76. The predicted octanol–water partition coefficient (Wildman–Crippen LogP) is 3.15. The van der Waals surface area contributed by atoms with Gasteiger partial charge in [0.1, 0.15) is 6.29 Å². The lowest BCUT2D eigenvalue weighted by Crippen LogP contribution is -1.96. The summed E-state index contributed by atoms with van der Waals surface area (Å²) < 4.78 is 10.8. The highest BCUT2D eigenvalue weighted by atomic mass is 16.5. The summed E-state index contributed by atoms with van der Waals surface area (Å²) in [5.41, 5.74) is 4.92. The summed E-state index contributed by atoms with van der Waals surface area (Å²) in [6.07, 6.45) is 1.83. The van der Waals surface area contributed by atoms with Crippen LogP contribution in [0.2, 0.25) is 0 Å². The minimum absolute atomic E-state index is 0.565. The molecule has 0 atom stereocenters. The van der Waals surface area contributed by atoms with Crippen molar-refractivity contribution in [3.05, 3.63) is 41.5 Å². The summed E-state index contributed by atoms with van der Waals surface area (Å²) in [6.45, 7) is 0.966. The summed E-state index contributed by atoms with van der Waals surface area (Å²) in [5.74, 6) is 1.21. The number of anilines is 1. The molecule has 4 nitrogen and oxygen atoms in total. The number of fused-ring (bicyclic) bond motifs is 1. The van der Waals surface area contributed by atoms with Crippen LogP contribution in [0, 0.1) is 0 Å². The van der Waals surface area contributed by atoms with E-state index in [0.717, 1.165) is 30.4 Å². The molecule has 1 N–H and O–H groups in total. The smallest absolute Gasteiger partial charge is 0.168 e. The van der Waals surface area contributed by atoms with E-state index in [1.807, 2.05) is 12.1 Å². The van der Waals surface area contributed by atoms with Gasteiger partial charge in [0.05, 0.1) is 14.2 Å². The molecule has 0 unspecified atom stereocenters. The van der Waals surface area contributed by atoms with E-state index in [9.17, 15) is 4.79 Å². The van der Waals surface area contributed by atoms with Crippen LogP contribution >= 0.6 is 0 Å². The lowest BCUT2D eigenvalue weighted by molar-refractivity contribution is 0.112. The van der Waals surface area contributed by atoms with Crippen molar-refractivity contribution in [1.82, 2.24) is 0 Å². The molecule has 21 heavy (non-hydrogen) atoms. The second kappa shape index (κ2) is 5.48. The standard InChI is InChI=1S/C17H17NO3/c1-20-16-8-11(10-19)7-14(17(16)21-2)12-3-4-15-13(9-12)5-6-18-15/h3-4,7-10,18H,5-6H2,1-2H3. The Morgan fingerprint density at radius 3 is 2.71 bits per heavy atom. The Hall–Kier alpha value is -2.49. The van der Waals surface area contributed by atoms with Crippen LogP contribution < -0.4 is 14.8 Å². The van der Waals surface area contributed by atoms with Crippen molar-refractivity contribution in [3.63, 3.8) is 0 Å². The van der Waals surface area contributed by atoms with Gasteiger partial charge in [-0.15, -0.1) is 0 Å². The number of hydrogen-bond donors (Lipinski definition) is 1. The molecule has 0 saturated carbocycles. The molecule has 0 spiro atoms. The number of ether oxygens (including phenoxy) is 2. The molecule has 2 aromatic rings. The third-order valence-electron chi connectivity index (χ3n) is 3.76. The average Bonchev–Trinajstić information content (AvgIpc) is 3.00. The van der Waals surface area contributed by atoms with E-state index in [0.29, 0.717) is 17.1 Å². The number of methoxy groups -OCH3 is 2. The Balaban J connectivity index is 2.18. The largest absolute Gasteiger partial charge is 0.493 e. The van der Waals surface area contributed by atoms with Crippen LogP contribution in [0.3, 0.4) is 0 Å². The number of aldehydes is 1. The minimum Gasteiger partial charge on any atom is -0.493 e. The summed E-state index contributed by atoms with van der Waals surface area (Å²) in [5, 5.41) is 3.34. The van der Waals surface area contributed by atoms with Crippen LogP contribution in [-0.2, 0) is 6.42 Å². The minimum atomic E-state index is 0.565. The van der Waals surface area contributed by atoms with Crippen LogP contribution in [0.5, 0.6) is 11.5 Å². The molecule has 0 saturated heterocycles. The van der Waals surface area contributed by atoms with Gasteiger partial charge in [0.15, 0.2) is 11.5 Å². The maximum absolute atomic E-state index is 11.1. The van der Waals surface area contributed by atoms with Crippen molar-refractivity contribution in [2.24, 2.45) is 0 Å². The second-order valence-electron chi connectivity index (χ2n) is 4.97. The predicted molar refractivity (Wildman–Crippen MR) is 82.6 cm³/mol. The molecule has 1 aliphatic heterocycles. The first-order chi connectivity index (χ1) is 10.3. The number of carbonyl (C=O) groups is 1. The van der Waals surface area contributed by atoms with Crippen molar-refractivity contribution >= 4 is 12.0 Å². The van der Waals surface area contributed by atoms with Gasteiger partial charge in [-0.1, -0.05) is 6.07 Å². The van der Waals surface area contributed by atoms with E-state index in [2.05, 4.69) is 17.4 Å². The van der Waals surface area contributed by atoms with Crippen LogP contribution in [-0.4, -0.2) is 27.1 Å². The van der Waals surface area contributed by atoms with Crippen molar-refractivity contribution in [2.45, 2.75) is 6.42 Å². The number of benzene rings is 2. The summed E-state index contributed by atoms with van der Waals surface area (Å²) in [6, 6.07) is 9.75. The molecule has 0 radical (unpaired) electrons. The summed E-state index contributed by atoms with van der Waals surface area (Å²) >= 11 is 0. The van der Waals surface area contributed by atoms with Gasteiger partial charge in [-0.05, 0) is 41.8 Å². The van der Waals surface area contributed by atoms with Gasteiger partial charge in [0.2, 0.25) is 0 Å². The first-order valence-electron chi connectivity index (χ1n) is 6.85. The Labute approximate surface area is 123 Å². The zero-order valence-electron chi connectivity index (χ0n) is 12.1. The molecular formula is C17H17NO3. The molecule has 0 fully saturated rings. The Kier molecular flexibility index (Phi) is 3.52. The van der Waals surface area contributed by atoms with E-state index < -0.39 is 0 Å². The first-order valence-corrected chi connectivity index (χ1v) is 6.85. The Morgan fingerprint density at radius 1 is 1.14 bits per heavy atom. The molecule has 1 heterocycles. The molecular weight excluding hydrogens is 266 g/mol. The zero-order chi connectivity index (χ0) is 14.8. The van der Waals surface area contributed by atoms with E-state index in [1.54, 1.807) is 20.3 Å². The van der Waals surface area contributed by atoms with Gasteiger partial charge >= 0.3 is 0 Å². The number of rotatable bonds is 4. The SMILES string of the molecule is COc1cc(C=O)cc(-c2ccc3c(c2)CCN3)c1OC. The quantitative estimate of drug-likeness (QED) is 0.876. The highest BCUT2D eigenvalue weighted by Crippen LogP contribution is 2.40. The van der Waals surface area contributed by atoms with E-state index in [1.165, 1.54) is 11.3 Å². The zero-order valence-corrected chi connectivity index (χ0v) is 12.1. The normalized spacial score (nSPS) is 12.5.